The Balaban J connectivity index is 1.10. The third-order valence-electron chi connectivity index (χ3n) is 9.72. The molecule has 3 aromatic rings. The third kappa shape index (κ3) is 3.40. The third-order valence-corrected chi connectivity index (χ3v) is 9.72. The van der Waals surface area contributed by atoms with E-state index in [1.165, 1.54) is 56.1 Å². The van der Waals surface area contributed by atoms with Crippen molar-refractivity contribution in [3.8, 4) is 0 Å². The predicted octanol–water partition coefficient (Wildman–Crippen LogP) is 7.75. The second-order valence-corrected chi connectivity index (χ2v) is 12.8. The van der Waals surface area contributed by atoms with Crippen molar-refractivity contribution in [3.05, 3.63) is 105 Å². The van der Waals surface area contributed by atoms with Gasteiger partial charge in [0.25, 0.3) is 0 Å². The van der Waals surface area contributed by atoms with Crippen LogP contribution in [0.5, 0.6) is 0 Å². The maximum absolute atomic E-state index is 2.61. The molecule has 3 aromatic carbocycles. The highest BCUT2D eigenvalue weighted by molar-refractivity contribution is 5.49. The summed E-state index contributed by atoms with van der Waals surface area (Å²) in [5.74, 6) is 3.52. The van der Waals surface area contributed by atoms with E-state index in [0.29, 0.717) is 0 Å². The zero-order valence-electron chi connectivity index (χ0n) is 21.2. The summed E-state index contributed by atoms with van der Waals surface area (Å²) in [5.41, 5.74) is 14.8. The maximum atomic E-state index is 2.61. The van der Waals surface area contributed by atoms with Gasteiger partial charge in [-0.05, 0) is 131 Å². The average molecular weight is 447 g/mol. The molecule has 4 atom stereocenters. The number of rotatable bonds is 3. The van der Waals surface area contributed by atoms with Crippen LogP contribution in [0.2, 0.25) is 0 Å². The summed E-state index contributed by atoms with van der Waals surface area (Å²) in [5, 5.41) is 0. The molecule has 4 aliphatic carbocycles. The van der Waals surface area contributed by atoms with Gasteiger partial charge in [-0.15, -0.1) is 0 Å². The highest BCUT2D eigenvalue weighted by Gasteiger charge is 2.58. The molecule has 0 aliphatic heterocycles. The molecule has 0 nitrogen and oxygen atoms in total. The Bertz CT molecular complexity index is 1270. The van der Waals surface area contributed by atoms with E-state index in [1.807, 2.05) is 0 Å². The molecular weight excluding hydrogens is 408 g/mol. The Kier molecular flexibility index (Phi) is 4.68. The number of hydrogen-bond acceptors (Lipinski definition) is 0. The first-order valence-corrected chi connectivity index (χ1v) is 13.8. The molecular formula is C34H38. The summed E-state index contributed by atoms with van der Waals surface area (Å²) in [6, 6.07) is 21.9. The number of hydrogen-bond donors (Lipinski definition) is 0. The summed E-state index contributed by atoms with van der Waals surface area (Å²) in [6.07, 6.45) is 10.3. The Morgan fingerprint density at radius 3 is 2.47 bits per heavy atom. The Morgan fingerprint density at radius 1 is 0.765 bits per heavy atom. The second kappa shape index (κ2) is 7.58. The average Bonchev–Trinajstić information content (AvgIpc) is 3.18. The Labute approximate surface area is 205 Å². The first kappa shape index (κ1) is 21.0. The summed E-state index contributed by atoms with van der Waals surface area (Å²) in [6.45, 7) is 7.02. The summed E-state index contributed by atoms with van der Waals surface area (Å²) < 4.78 is 0. The van der Waals surface area contributed by atoms with Crippen LogP contribution in [0.1, 0.15) is 89.6 Å². The highest BCUT2D eigenvalue weighted by Crippen LogP contribution is 2.66. The van der Waals surface area contributed by atoms with Crippen LogP contribution in [0.15, 0.2) is 54.6 Å². The number of benzene rings is 3. The van der Waals surface area contributed by atoms with E-state index >= 15 is 0 Å². The molecule has 0 saturated heterocycles. The summed E-state index contributed by atoms with van der Waals surface area (Å²) in [4.78, 5) is 0. The molecule has 34 heavy (non-hydrogen) atoms. The van der Waals surface area contributed by atoms with E-state index in [4.69, 9.17) is 0 Å². The fourth-order valence-corrected chi connectivity index (χ4v) is 7.89. The minimum absolute atomic E-state index is 0.247. The van der Waals surface area contributed by atoms with Gasteiger partial charge < -0.3 is 0 Å². The van der Waals surface area contributed by atoms with Crippen LogP contribution in [0.25, 0.3) is 0 Å². The molecule has 0 heteroatoms. The maximum Gasteiger partial charge on any atom is -0.00228 e. The molecule has 1 fully saturated rings. The fraction of sp³-hybridized carbons (Fsp3) is 0.471. The smallest absolute Gasteiger partial charge is 0.00228 e. The molecule has 4 aliphatic rings. The molecule has 0 aromatic heterocycles. The molecule has 0 amide bonds. The van der Waals surface area contributed by atoms with Gasteiger partial charge in [0, 0.05) is 0 Å². The van der Waals surface area contributed by atoms with Crippen molar-refractivity contribution < 1.29 is 0 Å². The van der Waals surface area contributed by atoms with E-state index < -0.39 is 0 Å². The van der Waals surface area contributed by atoms with Gasteiger partial charge in [0.05, 0.1) is 0 Å². The predicted molar refractivity (Wildman–Crippen MR) is 142 cm³/mol. The molecule has 0 radical (unpaired) electrons. The van der Waals surface area contributed by atoms with Crippen LogP contribution in [-0.4, -0.2) is 0 Å². The van der Waals surface area contributed by atoms with E-state index in [2.05, 4.69) is 75.4 Å². The highest BCUT2D eigenvalue weighted by atomic mass is 14.6. The van der Waals surface area contributed by atoms with Gasteiger partial charge in [0.1, 0.15) is 0 Å². The van der Waals surface area contributed by atoms with E-state index in [9.17, 15) is 0 Å². The van der Waals surface area contributed by atoms with Crippen LogP contribution < -0.4 is 0 Å². The Hall–Kier alpha value is -2.34. The summed E-state index contributed by atoms with van der Waals surface area (Å²) in [7, 11) is 0. The van der Waals surface area contributed by atoms with Crippen molar-refractivity contribution in [3.63, 3.8) is 0 Å². The standard InChI is InChI=1S/C34H38/c1-34(2,3)28-14-13-23-17-27(18-26(23)19-28)32-31-20-25-12-11-21(16-30(25)33(31)32)15-24-9-6-8-22-7-4-5-10-29(22)24/h6,8-9,11-14,16,19,27,31-33H,4-5,7,10,15,17-18,20H2,1-3H3. The minimum atomic E-state index is 0.247. The normalized spacial score (nSPS) is 26.6. The molecule has 174 valence electrons. The van der Waals surface area contributed by atoms with Gasteiger partial charge >= 0.3 is 0 Å². The van der Waals surface area contributed by atoms with Crippen LogP contribution in [0.4, 0.5) is 0 Å². The van der Waals surface area contributed by atoms with Crippen molar-refractivity contribution in [1.82, 2.24) is 0 Å². The molecule has 0 N–H and O–H groups in total. The number of aryl methyl sites for hydroxylation is 1. The zero-order valence-corrected chi connectivity index (χ0v) is 21.2. The van der Waals surface area contributed by atoms with Crippen molar-refractivity contribution >= 4 is 0 Å². The van der Waals surface area contributed by atoms with Gasteiger partial charge in [-0.3, -0.25) is 0 Å². The van der Waals surface area contributed by atoms with Gasteiger partial charge in [-0.2, -0.15) is 0 Å². The molecule has 0 spiro atoms. The van der Waals surface area contributed by atoms with Crippen LogP contribution in [0.3, 0.4) is 0 Å². The first-order valence-electron chi connectivity index (χ1n) is 13.8. The SMILES string of the molecule is CC(C)(C)c1ccc2c(c1)CC(C1C3Cc4ccc(Cc5cccc6c5CCCC6)cc4C31)C2. The monoisotopic (exact) mass is 446 g/mol. The number of fused-ring (bicyclic) bond motifs is 5. The van der Waals surface area contributed by atoms with Crippen LogP contribution >= 0.6 is 0 Å². The molecule has 1 saturated carbocycles. The van der Waals surface area contributed by atoms with Gasteiger partial charge in [-0.25, -0.2) is 0 Å². The van der Waals surface area contributed by atoms with Crippen molar-refractivity contribution in [2.75, 3.05) is 0 Å². The van der Waals surface area contributed by atoms with E-state index in [0.717, 1.165) is 30.1 Å². The van der Waals surface area contributed by atoms with Gasteiger partial charge in [0.15, 0.2) is 0 Å². The zero-order chi connectivity index (χ0) is 23.0. The first-order chi connectivity index (χ1) is 16.5. The van der Waals surface area contributed by atoms with Crippen molar-refractivity contribution in [1.29, 1.82) is 0 Å². The van der Waals surface area contributed by atoms with Crippen molar-refractivity contribution in [2.45, 2.75) is 83.5 Å². The topological polar surface area (TPSA) is 0 Å². The largest absolute Gasteiger partial charge is 0.0617 e. The van der Waals surface area contributed by atoms with Crippen molar-refractivity contribution in [2.24, 2.45) is 17.8 Å². The lowest BCUT2D eigenvalue weighted by molar-refractivity contribution is 0.446. The van der Waals surface area contributed by atoms with E-state index in [1.54, 1.807) is 38.9 Å². The fourth-order valence-electron chi connectivity index (χ4n) is 7.89. The second-order valence-electron chi connectivity index (χ2n) is 12.8. The lowest BCUT2D eigenvalue weighted by atomic mass is 9.85. The lowest BCUT2D eigenvalue weighted by Gasteiger charge is -2.20. The lowest BCUT2D eigenvalue weighted by Crippen LogP contribution is -2.11. The molecule has 4 unspecified atom stereocenters. The van der Waals surface area contributed by atoms with Gasteiger partial charge in [-0.1, -0.05) is 75.4 Å². The Morgan fingerprint density at radius 2 is 1.59 bits per heavy atom. The van der Waals surface area contributed by atoms with Gasteiger partial charge in [0.2, 0.25) is 0 Å². The van der Waals surface area contributed by atoms with E-state index in [-0.39, 0.29) is 5.41 Å². The molecule has 0 bridgehead atoms. The quantitative estimate of drug-likeness (QED) is 0.386. The summed E-state index contributed by atoms with van der Waals surface area (Å²) >= 11 is 0. The molecule has 7 rings (SSSR count). The van der Waals surface area contributed by atoms with Crippen LogP contribution in [0, 0.1) is 17.8 Å². The van der Waals surface area contributed by atoms with Crippen LogP contribution in [-0.2, 0) is 43.9 Å². The minimum Gasteiger partial charge on any atom is -0.0617 e. The molecule has 0 heterocycles.